The van der Waals surface area contributed by atoms with E-state index in [9.17, 15) is 4.79 Å². The molecule has 0 radical (unpaired) electrons. The van der Waals surface area contributed by atoms with Gasteiger partial charge in [0.25, 0.3) is 5.91 Å². The molecule has 1 amide bonds. The van der Waals surface area contributed by atoms with Crippen molar-refractivity contribution in [3.63, 3.8) is 0 Å². The lowest BCUT2D eigenvalue weighted by molar-refractivity contribution is 0.0932. The monoisotopic (exact) mass is 323 g/mol. The largest absolute Gasteiger partial charge is 0.486 e. The normalized spacial score (nSPS) is 18.6. The van der Waals surface area contributed by atoms with Crippen molar-refractivity contribution in [2.45, 2.75) is 32.2 Å². The maximum Gasteiger partial charge on any atom is 0.252 e. The van der Waals surface area contributed by atoms with Crippen LogP contribution >= 0.6 is 0 Å². The predicted molar refractivity (Wildman–Crippen MR) is 91.8 cm³/mol. The van der Waals surface area contributed by atoms with E-state index in [0.29, 0.717) is 13.2 Å². The van der Waals surface area contributed by atoms with E-state index in [1.54, 1.807) is 0 Å². The van der Waals surface area contributed by atoms with Gasteiger partial charge in [0.2, 0.25) is 0 Å². The number of carbonyl (C=O) groups is 1. The van der Waals surface area contributed by atoms with E-state index in [1.165, 1.54) is 5.56 Å². The number of fused-ring (bicyclic) bond motifs is 2. The smallest absolute Gasteiger partial charge is 0.252 e. The van der Waals surface area contributed by atoms with Gasteiger partial charge in [0.1, 0.15) is 13.2 Å². The average molecular weight is 323 g/mol. The molecule has 2 aromatic rings. The number of nitrogens with one attached hydrogen (secondary N) is 1. The molecule has 1 unspecified atom stereocenters. The molecule has 1 atom stereocenters. The molecule has 0 fully saturated rings. The van der Waals surface area contributed by atoms with E-state index >= 15 is 0 Å². The summed E-state index contributed by atoms with van der Waals surface area (Å²) >= 11 is 0. The molecular weight excluding hydrogens is 302 g/mol. The van der Waals surface area contributed by atoms with Crippen LogP contribution in [0.4, 0.5) is 0 Å². The molecular formula is C20H21NO3. The Kier molecular flexibility index (Phi) is 3.89. The van der Waals surface area contributed by atoms with E-state index < -0.39 is 0 Å². The van der Waals surface area contributed by atoms with Crippen molar-refractivity contribution in [2.24, 2.45) is 0 Å². The van der Waals surface area contributed by atoms with Crippen LogP contribution in [0.25, 0.3) is 0 Å². The van der Waals surface area contributed by atoms with Crippen LogP contribution in [-0.4, -0.2) is 19.1 Å². The minimum Gasteiger partial charge on any atom is -0.486 e. The zero-order chi connectivity index (χ0) is 16.5. The van der Waals surface area contributed by atoms with Crippen molar-refractivity contribution < 1.29 is 14.3 Å². The molecule has 1 heterocycles. The Hall–Kier alpha value is -2.49. The average Bonchev–Trinajstić information content (AvgIpc) is 2.61. The molecule has 1 aliphatic carbocycles. The molecule has 0 aromatic heterocycles. The minimum atomic E-state index is -0.0131. The van der Waals surface area contributed by atoms with Gasteiger partial charge in [-0.15, -0.1) is 0 Å². The molecule has 4 nitrogen and oxygen atoms in total. The summed E-state index contributed by atoms with van der Waals surface area (Å²) < 4.78 is 11.4. The standard InChI is InChI=1S/C20H21NO3/c1-13-5-2-3-7-15(13)20(22)21-17-8-4-6-14-11-18-19(12-16(14)17)24-10-9-23-18/h2-3,5,7,11-12,17H,4,6,8-10H2,1H3,(H,21,22). The van der Waals surface area contributed by atoms with E-state index in [-0.39, 0.29) is 11.9 Å². The fourth-order valence-electron chi connectivity index (χ4n) is 3.55. The fourth-order valence-corrected chi connectivity index (χ4v) is 3.55. The highest BCUT2D eigenvalue weighted by atomic mass is 16.6. The first-order valence-corrected chi connectivity index (χ1v) is 8.51. The lowest BCUT2D eigenvalue weighted by Gasteiger charge is -2.29. The van der Waals surface area contributed by atoms with Crippen molar-refractivity contribution in [1.82, 2.24) is 5.32 Å². The third-order valence-electron chi connectivity index (χ3n) is 4.81. The van der Waals surface area contributed by atoms with Crippen molar-refractivity contribution in [1.29, 1.82) is 0 Å². The Morgan fingerprint density at radius 3 is 2.67 bits per heavy atom. The number of benzene rings is 2. The van der Waals surface area contributed by atoms with Gasteiger partial charge in [0, 0.05) is 5.56 Å². The van der Waals surface area contributed by atoms with Crippen LogP contribution in [0.2, 0.25) is 0 Å². The molecule has 0 spiro atoms. The molecule has 0 saturated heterocycles. The van der Waals surface area contributed by atoms with Gasteiger partial charge in [0.15, 0.2) is 11.5 Å². The Balaban J connectivity index is 1.62. The third kappa shape index (κ3) is 2.73. The molecule has 2 aromatic carbocycles. The van der Waals surface area contributed by atoms with Gasteiger partial charge in [-0.3, -0.25) is 4.79 Å². The molecule has 4 heteroatoms. The maximum absolute atomic E-state index is 12.7. The second-order valence-corrected chi connectivity index (χ2v) is 6.43. The highest BCUT2D eigenvalue weighted by Gasteiger charge is 2.26. The predicted octanol–water partition coefficient (Wildman–Crippen LogP) is 3.57. The zero-order valence-corrected chi connectivity index (χ0v) is 13.8. The quantitative estimate of drug-likeness (QED) is 0.919. The maximum atomic E-state index is 12.7. The summed E-state index contributed by atoms with van der Waals surface area (Å²) in [7, 11) is 0. The fraction of sp³-hybridized carbons (Fsp3) is 0.350. The van der Waals surface area contributed by atoms with Gasteiger partial charge in [-0.05, 0) is 61.1 Å². The zero-order valence-electron chi connectivity index (χ0n) is 13.8. The number of hydrogen-bond donors (Lipinski definition) is 1. The van der Waals surface area contributed by atoms with Gasteiger partial charge in [0.05, 0.1) is 6.04 Å². The van der Waals surface area contributed by atoms with Gasteiger partial charge in [-0.1, -0.05) is 18.2 Å². The Labute approximate surface area is 141 Å². The van der Waals surface area contributed by atoms with Gasteiger partial charge >= 0.3 is 0 Å². The van der Waals surface area contributed by atoms with Crippen molar-refractivity contribution in [2.75, 3.05) is 13.2 Å². The Bertz CT molecular complexity index is 784. The molecule has 0 saturated carbocycles. The highest BCUT2D eigenvalue weighted by molar-refractivity contribution is 5.95. The topological polar surface area (TPSA) is 47.6 Å². The summed E-state index contributed by atoms with van der Waals surface area (Å²) in [5.74, 6) is 1.60. The molecule has 0 bridgehead atoms. The van der Waals surface area contributed by atoms with Crippen LogP contribution in [0.1, 0.15) is 45.9 Å². The summed E-state index contributed by atoms with van der Waals surface area (Å²) in [5, 5.41) is 3.20. The Morgan fingerprint density at radius 2 is 1.88 bits per heavy atom. The van der Waals surface area contributed by atoms with Gasteiger partial charge < -0.3 is 14.8 Å². The SMILES string of the molecule is Cc1ccccc1C(=O)NC1CCCc2cc3c(cc21)OCCO3. The molecule has 1 aliphatic heterocycles. The first-order valence-electron chi connectivity index (χ1n) is 8.51. The van der Waals surface area contributed by atoms with Crippen LogP contribution in [0.3, 0.4) is 0 Å². The molecule has 2 aliphatic rings. The first kappa shape index (κ1) is 15.1. The van der Waals surface area contributed by atoms with E-state index in [4.69, 9.17) is 9.47 Å². The van der Waals surface area contributed by atoms with Gasteiger partial charge in [-0.25, -0.2) is 0 Å². The lowest BCUT2D eigenvalue weighted by Crippen LogP contribution is -2.31. The summed E-state index contributed by atoms with van der Waals surface area (Å²) in [4.78, 5) is 12.7. The number of aryl methyl sites for hydroxylation is 2. The van der Waals surface area contributed by atoms with Gasteiger partial charge in [-0.2, -0.15) is 0 Å². The number of rotatable bonds is 2. The Morgan fingerprint density at radius 1 is 1.12 bits per heavy atom. The second-order valence-electron chi connectivity index (χ2n) is 6.43. The van der Waals surface area contributed by atoms with Crippen molar-refractivity contribution in [3.05, 3.63) is 58.7 Å². The van der Waals surface area contributed by atoms with Crippen LogP contribution in [0.5, 0.6) is 11.5 Å². The highest BCUT2D eigenvalue weighted by Crippen LogP contribution is 2.39. The van der Waals surface area contributed by atoms with Crippen molar-refractivity contribution in [3.8, 4) is 11.5 Å². The summed E-state index contributed by atoms with van der Waals surface area (Å²) in [6.45, 7) is 3.14. The molecule has 4 rings (SSSR count). The minimum absolute atomic E-state index is 0.0131. The number of amides is 1. The second kappa shape index (κ2) is 6.19. The number of hydrogen-bond acceptors (Lipinski definition) is 3. The summed E-state index contributed by atoms with van der Waals surface area (Å²) in [6.07, 6.45) is 3.03. The third-order valence-corrected chi connectivity index (χ3v) is 4.81. The summed E-state index contributed by atoms with van der Waals surface area (Å²) in [6, 6.07) is 11.8. The van der Waals surface area contributed by atoms with Crippen LogP contribution in [-0.2, 0) is 6.42 Å². The lowest BCUT2D eigenvalue weighted by atomic mass is 9.87. The van der Waals surface area contributed by atoms with Crippen LogP contribution in [0, 0.1) is 6.92 Å². The molecule has 1 N–H and O–H groups in total. The van der Waals surface area contributed by atoms with Crippen molar-refractivity contribution >= 4 is 5.91 Å². The first-order chi connectivity index (χ1) is 11.7. The van der Waals surface area contributed by atoms with Crippen LogP contribution in [0.15, 0.2) is 36.4 Å². The number of carbonyl (C=O) groups excluding carboxylic acids is 1. The van der Waals surface area contributed by atoms with Crippen LogP contribution < -0.4 is 14.8 Å². The summed E-state index contributed by atoms with van der Waals surface area (Å²) in [5.41, 5.74) is 4.14. The van der Waals surface area contributed by atoms with E-state index in [2.05, 4.69) is 11.4 Å². The van der Waals surface area contributed by atoms with E-state index in [0.717, 1.165) is 47.5 Å². The number of ether oxygens (including phenoxy) is 2. The molecule has 24 heavy (non-hydrogen) atoms. The van der Waals surface area contributed by atoms with E-state index in [1.807, 2.05) is 37.3 Å². The molecule has 124 valence electrons.